The second-order valence-corrected chi connectivity index (χ2v) is 4.27. The molecular formula is C13H20O2. The van der Waals surface area contributed by atoms with Crippen LogP contribution in [0.5, 0.6) is 0 Å². The van der Waals surface area contributed by atoms with E-state index < -0.39 is 6.10 Å². The highest BCUT2D eigenvalue weighted by atomic mass is 16.5. The molecule has 0 amide bonds. The second-order valence-electron chi connectivity index (χ2n) is 4.27. The topological polar surface area (TPSA) is 29.5 Å². The fraction of sp³-hybridized carbons (Fsp3) is 0.538. The molecule has 2 heteroatoms. The quantitative estimate of drug-likeness (QED) is 0.720. The van der Waals surface area contributed by atoms with E-state index in [-0.39, 0.29) is 12.2 Å². The standard InChI is InChI=1S/C13H20O2/c1-5-6-11-7-10(4)8-12(15-11)13(14)9(2)3/h5,11-14H,1-2,4,6-8H2,3H3/t11-,12-,13-/m0/s1. The summed E-state index contributed by atoms with van der Waals surface area (Å²) >= 11 is 0. The van der Waals surface area contributed by atoms with E-state index in [1.807, 2.05) is 13.0 Å². The van der Waals surface area contributed by atoms with Crippen molar-refractivity contribution in [1.29, 1.82) is 0 Å². The SMILES string of the molecule is C=CC[C@H]1CC(=C)C[C@@H]([C@@H](O)C(=C)C)O1. The van der Waals surface area contributed by atoms with Crippen LogP contribution in [0.2, 0.25) is 0 Å². The van der Waals surface area contributed by atoms with Crippen LogP contribution in [0.25, 0.3) is 0 Å². The van der Waals surface area contributed by atoms with Crippen molar-refractivity contribution in [3.05, 3.63) is 37.0 Å². The van der Waals surface area contributed by atoms with Crippen molar-refractivity contribution in [3.63, 3.8) is 0 Å². The predicted octanol–water partition coefficient (Wildman–Crippen LogP) is 2.60. The molecule has 1 N–H and O–H groups in total. The summed E-state index contributed by atoms with van der Waals surface area (Å²) in [5, 5.41) is 9.86. The Morgan fingerprint density at radius 1 is 1.67 bits per heavy atom. The third kappa shape index (κ3) is 3.33. The number of hydrogen-bond donors (Lipinski definition) is 1. The Bertz CT molecular complexity index is 268. The van der Waals surface area contributed by atoms with Crippen LogP contribution >= 0.6 is 0 Å². The summed E-state index contributed by atoms with van der Waals surface area (Å²) in [5.74, 6) is 0. The van der Waals surface area contributed by atoms with Gasteiger partial charge in [0.15, 0.2) is 0 Å². The van der Waals surface area contributed by atoms with Crippen molar-refractivity contribution in [2.75, 3.05) is 0 Å². The number of hydrogen-bond acceptors (Lipinski definition) is 2. The predicted molar refractivity (Wildman–Crippen MR) is 62.7 cm³/mol. The van der Waals surface area contributed by atoms with E-state index in [1.54, 1.807) is 0 Å². The minimum Gasteiger partial charge on any atom is -0.386 e. The average molecular weight is 208 g/mol. The molecule has 3 atom stereocenters. The molecule has 0 aromatic rings. The maximum absolute atomic E-state index is 9.86. The molecule has 0 saturated carbocycles. The van der Waals surface area contributed by atoms with Gasteiger partial charge in [-0.2, -0.15) is 0 Å². The molecule has 84 valence electrons. The molecule has 1 heterocycles. The Balaban J connectivity index is 2.62. The van der Waals surface area contributed by atoms with E-state index in [4.69, 9.17) is 4.74 Å². The Kier molecular flexibility index (Phi) is 4.30. The van der Waals surface area contributed by atoms with Crippen LogP contribution in [0.4, 0.5) is 0 Å². The normalized spacial score (nSPS) is 28.5. The third-order valence-electron chi connectivity index (χ3n) is 2.66. The molecule has 0 radical (unpaired) electrons. The molecule has 0 spiro atoms. The molecule has 1 saturated heterocycles. The molecule has 0 aromatic heterocycles. The van der Waals surface area contributed by atoms with E-state index in [9.17, 15) is 5.11 Å². The first-order valence-corrected chi connectivity index (χ1v) is 5.31. The van der Waals surface area contributed by atoms with E-state index >= 15 is 0 Å². The molecule has 2 nitrogen and oxygen atoms in total. The van der Waals surface area contributed by atoms with Crippen molar-refractivity contribution >= 4 is 0 Å². The van der Waals surface area contributed by atoms with Gasteiger partial charge in [0.05, 0.1) is 12.2 Å². The molecule has 1 aliphatic heterocycles. The van der Waals surface area contributed by atoms with Gasteiger partial charge in [0.25, 0.3) is 0 Å². The lowest BCUT2D eigenvalue weighted by Crippen LogP contribution is -2.37. The van der Waals surface area contributed by atoms with Crippen molar-refractivity contribution in [3.8, 4) is 0 Å². The van der Waals surface area contributed by atoms with Crippen LogP contribution in [0.3, 0.4) is 0 Å². The summed E-state index contributed by atoms with van der Waals surface area (Å²) in [6, 6.07) is 0. The highest BCUT2D eigenvalue weighted by molar-refractivity contribution is 5.09. The fourth-order valence-corrected chi connectivity index (χ4v) is 1.86. The van der Waals surface area contributed by atoms with Crippen molar-refractivity contribution in [2.24, 2.45) is 0 Å². The smallest absolute Gasteiger partial charge is 0.101 e. The Hall–Kier alpha value is -0.860. The molecular weight excluding hydrogens is 188 g/mol. The Labute approximate surface area is 92.0 Å². The van der Waals surface area contributed by atoms with Crippen LogP contribution in [-0.4, -0.2) is 23.4 Å². The van der Waals surface area contributed by atoms with E-state index in [1.165, 1.54) is 0 Å². The summed E-state index contributed by atoms with van der Waals surface area (Å²) in [6.07, 6.45) is 3.57. The van der Waals surface area contributed by atoms with Crippen LogP contribution in [0, 0.1) is 0 Å². The minimum absolute atomic E-state index is 0.114. The molecule has 15 heavy (non-hydrogen) atoms. The average Bonchev–Trinajstić information content (AvgIpc) is 2.16. The van der Waals surface area contributed by atoms with Crippen molar-refractivity contribution in [1.82, 2.24) is 0 Å². The van der Waals surface area contributed by atoms with Gasteiger partial charge in [-0.1, -0.05) is 24.8 Å². The minimum atomic E-state index is -0.589. The Morgan fingerprint density at radius 3 is 2.87 bits per heavy atom. The highest BCUT2D eigenvalue weighted by Crippen LogP contribution is 2.28. The molecule has 1 fully saturated rings. The molecule has 1 rings (SSSR count). The monoisotopic (exact) mass is 208 g/mol. The van der Waals surface area contributed by atoms with Gasteiger partial charge >= 0.3 is 0 Å². The lowest BCUT2D eigenvalue weighted by Gasteiger charge is -2.34. The zero-order chi connectivity index (χ0) is 11.4. The van der Waals surface area contributed by atoms with Crippen LogP contribution in [0.15, 0.2) is 37.0 Å². The molecule has 0 bridgehead atoms. The van der Waals surface area contributed by atoms with Gasteiger partial charge in [-0.3, -0.25) is 0 Å². The summed E-state index contributed by atoms with van der Waals surface area (Å²) in [6.45, 7) is 13.2. The van der Waals surface area contributed by atoms with E-state index in [2.05, 4.69) is 19.7 Å². The number of aliphatic hydroxyl groups is 1. The fourth-order valence-electron chi connectivity index (χ4n) is 1.86. The maximum Gasteiger partial charge on any atom is 0.101 e. The van der Waals surface area contributed by atoms with E-state index in [0.717, 1.165) is 30.4 Å². The number of aliphatic hydroxyl groups excluding tert-OH is 1. The first kappa shape index (κ1) is 12.2. The Morgan fingerprint density at radius 2 is 2.33 bits per heavy atom. The van der Waals surface area contributed by atoms with Gasteiger partial charge in [0.2, 0.25) is 0 Å². The van der Waals surface area contributed by atoms with Crippen molar-refractivity contribution in [2.45, 2.75) is 44.5 Å². The van der Waals surface area contributed by atoms with Crippen LogP contribution < -0.4 is 0 Å². The van der Waals surface area contributed by atoms with Crippen molar-refractivity contribution < 1.29 is 9.84 Å². The van der Waals surface area contributed by atoms with Gasteiger partial charge in [0.1, 0.15) is 6.10 Å². The summed E-state index contributed by atoms with van der Waals surface area (Å²) < 4.78 is 5.78. The van der Waals surface area contributed by atoms with E-state index in [0.29, 0.717) is 0 Å². The highest BCUT2D eigenvalue weighted by Gasteiger charge is 2.29. The largest absolute Gasteiger partial charge is 0.386 e. The van der Waals surface area contributed by atoms with Gasteiger partial charge in [-0.15, -0.1) is 6.58 Å². The van der Waals surface area contributed by atoms with Crippen LogP contribution in [-0.2, 0) is 4.74 Å². The number of rotatable bonds is 4. The lowest BCUT2D eigenvalue weighted by molar-refractivity contribution is -0.0781. The lowest BCUT2D eigenvalue weighted by atomic mass is 9.93. The first-order chi connectivity index (χ1) is 7.04. The maximum atomic E-state index is 9.86. The summed E-state index contributed by atoms with van der Waals surface area (Å²) in [4.78, 5) is 0. The molecule has 1 aliphatic rings. The van der Waals surface area contributed by atoms with Crippen LogP contribution in [0.1, 0.15) is 26.2 Å². The molecule has 0 unspecified atom stereocenters. The van der Waals surface area contributed by atoms with Gasteiger partial charge in [-0.25, -0.2) is 0 Å². The summed E-state index contributed by atoms with van der Waals surface area (Å²) in [5.41, 5.74) is 1.88. The first-order valence-electron chi connectivity index (χ1n) is 5.31. The third-order valence-corrected chi connectivity index (χ3v) is 2.66. The zero-order valence-corrected chi connectivity index (χ0v) is 9.41. The summed E-state index contributed by atoms with van der Waals surface area (Å²) in [7, 11) is 0. The number of ether oxygens (including phenoxy) is 1. The molecule has 0 aromatic carbocycles. The molecule has 0 aliphatic carbocycles. The zero-order valence-electron chi connectivity index (χ0n) is 9.41. The van der Waals surface area contributed by atoms with Gasteiger partial charge < -0.3 is 9.84 Å². The van der Waals surface area contributed by atoms with Gasteiger partial charge in [0, 0.05) is 0 Å². The van der Waals surface area contributed by atoms with Gasteiger partial charge in [-0.05, 0) is 31.8 Å². The second kappa shape index (κ2) is 5.29.